The SMILES string of the molecule is C=CC(=O)NCCC(=O)NCC(O)c1ccc(Cl)c(Cl)c1. The molecule has 0 aliphatic rings. The van der Waals surface area contributed by atoms with Gasteiger partial charge in [-0.1, -0.05) is 35.8 Å². The number of aliphatic hydroxyl groups is 1. The quantitative estimate of drug-likeness (QED) is 0.667. The monoisotopic (exact) mass is 330 g/mol. The highest BCUT2D eigenvalue weighted by atomic mass is 35.5. The lowest BCUT2D eigenvalue weighted by Crippen LogP contribution is -2.32. The molecule has 5 nitrogen and oxygen atoms in total. The largest absolute Gasteiger partial charge is 0.387 e. The molecule has 0 saturated carbocycles. The second kappa shape index (κ2) is 8.67. The van der Waals surface area contributed by atoms with Crippen molar-refractivity contribution < 1.29 is 14.7 Å². The summed E-state index contributed by atoms with van der Waals surface area (Å²) in [7, 11) is 0. The first kappa shape index (κ1) is 17.5. The Morgan fingerprint density at radius 2 is 2.00 bits per heavy atom. The van der Waals surface area contributed by atoms with Gasteiger partial charge in [0.25, 0.3) is 0 Å². The minimum atomic E-state index is -0.883. The van der Waals surface area contributed by atoms with E-state index in [2.05, 4.69) is 17.2 Å². The maximum atomic E-state index is 11.5. The molecule has 0 bridgehead atoms. The molecular formula is C14H16Cl2N2O3. The van der Waals surface area contributed by atoms with Crippen LogP contribution in [0.4, 0.5) is 0 Å². The molecule has 2 amide bonds. The van der Waals surface area contributed by atoms with E-state index < -0.39 is 6.10 Å². The number of benzene rings is 1. The van der Waals surface area contributed by atoms with Gasteiger partial charge in [0.05, 0.1) is 16.1 Å². The Morgan fingerprint density at radius 1 is 1.29 bits per heavy atom. The van der Waals surface area contributed by atoms with E-state index in [4.69, 9.17) is 23.2 Å². The Labute approximate surface area is 132 Å². The molecule has 0 aromatic heterocycles. The van der Waals surface area contributed by atoms with E-state index in [1.54, 1.807) is 18.2 Å². The molecule has 1 aromatic carbocycles. The molecule has 1 atom stereocenters. The van der Waals surface area contributed by atoms with Crippen LogP contribution in [0.5, 0.6) is 0 Å². The molecule has 0 spiro atoms. The van der Waals surface area contributed by atoms with Gasteiger partial charge in [-0.3, -0.25) is 9.59 Å². The average Bonchev–Trinajstić information content (AvgIpc) is 2.47. The van der Waals surface area contributed by atoms with Gasteiger partial charge >= 0.3 is 0 Å². The van der Waals surface area contributed by atoms with Gasteiger partial charge in [-0.2, -0.15) is 0 Å². The molecule has 7 heteroatoms. The van der Waals surface area contributed by atoms with Gasteiger partial charge in [0.2, 0.25) is 11.8 Å². The van der Waals surface area contributed by atoms with Crippen molar-refractivity contribution in [3.8, 4) is 0 Å². The summed E-state index contributed by atoms with van der Waals surface area (Å²) in [6, 6.07) is 4.76. The molecule has 3 N–H and O–H groups in total. The van der Waals surface area contributed by atoms with Crippen molar-refractivity contribution in [3.63, 3.8) is 0 Å². The lowest BCUT2D eigenvalue weighted by atomic mass is 10.1. The molecular weight excluding hydrogens is 315 g/mol. The fourth-order valence-corrected chi connectivity index (χ4v) is 1.81. The number of halogens is 2. The van der Waals surface area contributed by atoms with Crippen molar-refractivity contribution in [1.29, 1.82) is 0 Å². The first-order valence-electron chi connectivity index (χ1n) is 6.24. The molecule has 0 aliphatic heterocycles. The van der Waals surface area contributed by atoms with Crippen LogP contribution in [0, 0.1) is 0 Å². The van der Waals surface area contributed by atoms with Crippen molar-refractivity contribution in [2.75, 3.05) is 13.1 Å². The normalized spacial score (nSPS) is 11.6. The summed E-state index contributed by atoms with van der Waals surface area (Å²) >= 11 is 11.6. The number of rotatable bonds is 7. The van der Waals surface area contributed by atoms with Crippen molar-refractivity contribution in [1.82, 2.24) is 10.6 Å². The highest BCUT2D eigenvalue weighted by molar-refractivity contribution is 6.42. The summed E-state index contributed by atoms with van der Waals surface area (Å²) in [6.07, 6.45) is 0.367. The third kappa shape index (κ3) is 6.16. The molecule has 0 fully saturated rings. The van der Waals surface area contributed by atoms with Crippen molar-refractivity contribution in [3.05, 3.63) is 46.5 Å². The topological polar surface area (TPSA) is 78.4 Å². The summed E-state index contributed by atoms with van der Waals surface area (Å²) in [6.45, 7) is 3.55. The van der Waals surface area contributed by atoms with E-state index in [-0.39, 0.29) is 31.3 Å². The van der Waals surface area contributed by atoms with Gasteiger partial charge in [-0.05, 0) is 23.8 Å². The van der Waals surface area contributed by atoms with E-state index >= 15 is 0 Å². The smallest absolute Gasteiger partial charge is 0.243 e. The van der Waals surface area contributed by atoms with Gasteiger partial charge in [0.1, 0.15) is 0 Å². The maximum absolute atomic E-state index is 11.5. The van der Waals surface area contributed by atoms with Crippen molar-refractivity contribution in [2.45, 2.75) is 12.5 Å². The summed E-state index contributed by atoms with van der Waals surface area (Å²) in [4.78, 5) is 22.4. The molecule has 1 unspecified atom stereocenters. The zero-order chi connectivity index (χ0) is 15.8. The first-order valence-corrected chi connectivity index (χ1v) is 6.99. The van der Waals surface area contributed by atoms with Gasteiger partial charge < -0.3 is 15.7 Å². The van der Waals surface area contributed by atoms with E-state index in [0.29, 0.717) is 15.6 Å². The van der Waals surface area contributed by atoms with Gasteiger partial charge in [0.15, 0.2) is 0 Å². The maximum Gasteiger partial charge on any atom is 0.243 e. The summed E-state index contributed by atoms with van der Waals surface area (Å²) in [5.74, 6) is -0.614. The fourth-order valence-electron chi connectivity index (χ4n) is 1.51. The van der Waals surface area contributed by atoms with Gasteiger partial charge in [-0.15, -0.1) is 0 Å². The van der Waals surface area contributed by atoms with Crippen LogP contribution in [0.25, 0.3) is 0 Å². The van der Waals surface area contributed by atoms with Gasteiger partial charge in [0, 0.05) is 19.5 Å². The number of hydrogen-bond donors (Lipinski definition) is 3. The molecule has 21 heavy (non-hydrogen) atoms. The zero-order valence-electron chi connectivity index (χ0n) is 11.2. The Balaban J connectivity index is 2.36. The van der Waals surface area contributed by atoms with Gasteiger partial charge in [-0.25, -0.2) is 0 Å². The predicted octanol–water partition coefficient (Wildman–Crippen LogP) is 1.84. The Kier molecular flexibility index (Phi) is 7.22. The van der Waals surface area contributed by atoms with Crippen LogP contribution < -0.4 is 10.6 Å². The lowest BCUT2D eigenvalue weighted by Gasteiger charge is -2.13. The number of carbonyl (C=O) groups excluding carboxylic acids is 2. The second-order valence-electron chi connectivity index (χ2n) is 4.24. The number of carbonyl (C=O) groups is 2. The minimum absolute atomic E-state index is 0.0478. The van der Waals surface area contributed by atoms with Crippen LogP contribution in [-0.2, 0) is 9.59 Å². The summed E-state index contributed by atoms with van der Waals surface area (Å²) < 4.78 is 0. The number of nitrogens with one attached hydrogen (secondary N) is 2. The second-order valence-corrected chi connectivity index (χ2v) is 5.05. The van der Waals surface area contributed by atoms with Crippen LogP contribution in [0.2, 0.25) is 10.0 Å². The van der Waals surface area contributed by atoms with Crippen LogP contribution >= 0.6 is 23.2 Å². The molecule has 0 radical (unpaired) electrons. The number of hydrogen-bond acceptors (Lipinski definition) is 3. The van der Waals surface area contributed by atoms with E-state index in [0.717, 1.165) is 6.08 Å². The summed E-state index contributed by atoms with van der Waals surface area (Å²) in [5, 5.41) is 15.7. The average molecular weight is 331 g/mol. The lowest BCUT2D eigenvalue weighted by molar-refractivity contribution is -0.121. The molecule has 0 saturated heterocycles. The third-order valence-corrected chi connectivity index (χ3v) is 3.40. The summed E-state index contributed by atoms with van der Waals surface area (Å²) in [5.41, 5.74) is 0.560. The molecule has 0 heterocycles. The number of aliphatic hydroxyl groups excluding tert-OH is 1. The predicted molar refractivity (Wildman–Crippen MR) is 82.3 cm³/mol. The Morgan fingerprint density at radius 3 is 2.62 bits per heavy atom. The van der Waals surface area contributed by atoms with Crippen molar-refractivity contribution >= 4 is 35.0 Å². The molecule has 1 rings (SSSR count). The highest BCUT2D eigenvalue weighted by Crippen LogP contribution is 2.25. The van der Waals surface area contributed by atoms with Crippen LogP contribution in [-0.4, -0.2) is 30.0 Å². The molecule has 1 aromatic rings. The van der Waals surface area contributed by atoms with E-state index in [1.165, 1.54) is 0 Å². The van der Waals surface area contributed by atoms with E-state index in [9.17, 15) is 14.7 Å². The molecule has 114 valence electrons. The first-order chi connectivity index (χ1) is 9.93. The minimum Gasteiger partial charge on any atom is -0.387 e. The zero-order valence-corrected chi connectivity index (χ0v) is 12.7. The Hall–Kier alpha value is -1.56. The standard InChI is InChI=1S/C14H16Cl2N2O3/c1-2-13(20)17-6-5-14(21)18-8-12(19)9-3-4-10(15)11(16)7-9/h2-4,7,12,19H,1,5-6,8H2,(H,17,20)(H,18,21). The van der Waals surface area contributed by atoms with Crippen molar-refractivity contribution in [2.24, 2.45) is 0 Å². The van der Waals surface area contributed by atoms with Crippen LogP contribution in [0.15, 0.2) is 30.9 Å². The Bertz CT molecular complexity index is 535. The third-order valence-electron chi connectivity index (χ3n) is 2.66. The molecule has 0 aliphatic carbocycles. The highest BCUT2D eigenvalue weighted by Gasteiger charge is 2.11. The van der Waals surface area contributed by atoms with E-state index in [1.807, 2.05) is 0 Å². The fraction of sp³-hybridized carbons (Fsp3) is 0.286. The van der Waals surface area contributed by atoms with Crippen LogP contribution in [0.3, 0.4) is 0 Å². The van der Waals surface area contributed by atoms with Crippen LogP contribution in [0.1, 0.15) is 18.1 Å². The number of amides is 2.